The first-order valence-corrected chi connectivity index (χ1v) is 6.97. The smallest absolute Gasteiger partial charge is 0.319 e. The number of nitrogens with one attached hydrogen (secondary N) is 3. The Morgan fingerprint density at radius 1 is 1.09 bits per heavy atom. The lowest BCUT2D eigenvalue weighted by atomic mass is 10.2. The van der Waals surface area contributed by atoms with Crippen LogP contribution in [0.15, 0.2) is 30.5 Å². The fourth-order valence-corrected chi connectivity index (χ4v) is 1.88. The fourth-order valence-electron chi connectivity index (χ4n) is 1.88. The van der Waals surface area contributed by atoms with Crippen molar-refractivity contribution in [3.05, 3.63) is 47.9 Å². The van der Waals surface area contributed by atoms with E-state index >= 15 is 0 Å². The maximum Gasteiger partial charge on any atom is 0.319 e. The molecule has 0 bridgehead atoms. The molecule has 1 aromatic carbocycles. The number of hydrogen-bond acceptors (Lipinski definition) is 3. The number of aromatic nitrogens is 1. The molecule has 3 rings (SSSR count). The molecule has 5 nitrogen and oxygen atoms in total. The molecule has 0 atom stereocenters. The van der Waals surface area contributed by atoms with Crippen molar-refractivity contribution in [3.8, 4) is 0 Å². The van der Waals surface area contributed by atoms with E-state index in [9.17, 15) is 18.0 Å². The Hall–Kier alpha value is -2.77. The quantitative estimate of drug-likeness (QED) is 0.755. The molecule has 1 saturated carbocycles. The molecule has 1 fully saturated rings. The maximum atomic E-state index is 13.6. The van der Waals surface area contributed by atoms with Crippen LogP contribution in [0.4, 0.5) is 35.2 Å². The molecule has 1 aliphatic rings. The summed E-state index contributed by atoms with van der Waals surface area (Å²) in [7, 11) is 0. The second-order valence-electron chi connectivity index (χ2n) is 5.15. The summed E-state index contributed by atoms with van der Waals surface area (Å²) in [6.45, 7) is 0. The molecule has 0 radical (unpaired) electrons. The monoisotopic (exact) mass is 322 g/mol. The Bertz CT molecular complexity index is 732. The van der Waals surface area contributed by atoms with Crippen molar-refractivity contribution in [3.63, 3.8) is 0 Å². The summed E-state index contributed by atoms with van der Waals surface area (Å²) in [4.78, 5) is 15.5. The Balaban J connectivity index is 1.65. The predicted molar refractivity (Wildman–Crippen MR) is 79.0 cm³/mol. The van der Waals surface area contributed by atoms with Gasteiger partial charge in [-0.15, -0.1) is 0 Å². The van der Waals surface area contributed by atoms with Crippen molar-refractivity contribution in [1.29, 1.82) is 0 Å². The highest BCUT2D eigenvalue weighted by Crippen LogP contribution is 2.23. The maximum absolute atomic E-state index is 13.6. The number of amides is 2. The number of urea groups is 1. The van der Waals surface area contributed by atoms with Gasteiger partial charge in [-0.1, -0.05) is 0 Å². The molecular formula is C15H13F3N4O. The summed E-state index contributed by atoms with van der Waals surface area (Å²) in [6, 6.07) is 4.85. The number of pyridine rings is 1. The Morgan fingerprint density at radius 3 is 2.52 bits per heavy atom. The van der Waals surface area contributed by atoms with E-state index in [0.29, 0.717) is 5.69 Å². The van der Waals surface area contributed by atoms with Gasteiger partial charge >= 0.3 is 6.03 Å². The Kier molecular flexibility index (Phi) is 4.05. The number of anilines is 3. The summed E-state index contributed by atoms with van der Waals surface area (Å²) in [5.74, 6) is -3.91. The molecule has 2 aromatic rings. The number of rotatable bonds is 4. The van der Waals surface area contributed by atoms with Crippen molar-refractivity contribution in [2.45, 2.75) is 18.9 Å². The highest BCUT2D eigenvalue weighted by Gasteiger charge is 2.23. The van der Waals surface area contributed by atoms with Gasteiger partial charge in [-0.25, -0.2) is 22.9 Å². The number of nitrogens with zero attached hydrogens (tertiary/aromatic N) is 1. The van der Waals surface area contributed by atoms with Gasteiger partial charge in [0, 0.05) is 6.04 Å². The molecule has 23 heavy (non-hydrogen) atoms. The second kappa shape index (κ2) is 6.15. The van der Waals surface area contributed by atoms with Gasteiger partial charge in [0.15, 0.2) is 17.5 Å². The lowest BCUT2D eigenvalue weighted by Gasteiger charge is -2.09. The first-order chi connectivity index (χ1) is 11.0. The minimum Gasteiger partial charge on any atom is -0.338 e. The third-order valence-electron chi connectivity index (χ3n) is 3.23. The van der Waals surface area contributed by atoms with E-state index < -0.39 is 17.5 Å². The third-order valence-corrected chi connectivity index (χ3v) is 3.23. The first kappa shape index (κ1) is 15.1. The molecule has 1 aromatic heterocycles. The summed E-state index contributed by atoms with van der Waals surface area (Å²) in [5.41, 5.74) is 0.225. The largest absolute Gasteiger partial charge is 0.338 e. The average Bonchev–Trinajstić information content (AvgIpc) is 3.33. The summed E-state index contributed by atoms with van der Waals surface area (Å²) in [6.07, 6.45) is 3.33. The molecule has 2 amide bonds. The van der Waals surface area contributed by atoms with Crippen molar-refractivity contribution in [1.82, 2.24) is 10.3 Å². The van der Waals surface area contributed by atoms with E-state index in [1.165, 1.54) is 12.3 Å². The zero-order chi connectivity index (χ0) is 16.4. The zero-order valence-corrected chi connectivity index (χ0v) is 11.9. The van der Waals surface area contributed by atoms with Crippen LogP contribution in [0.3, 0.4) is 0 Å². The molecule has 1 heterocycles. The highest BCUT2D eigenvalue weighted by atomic mass is 19.2. The molecule has 1 aliphatic carbocycles. The van der Waals surface area contributed by atoms with Gasteiger partial charge < -0.3 is 16.0 Å². The van der Waals surface area contributed by atoms with Gasteiger partial charge in [0.05, 0.1) is 17.6 Å². The molecule has 120 valence electrons. The van der Waals surface area contributed by atoms with Crippen molar-refractivity contribution in [2.75, 3.05) is 10.6 Å². The van der Waals surface area contributed by atoms with Crippen LogP contribution in [0.5, 0.6) is 0 Å². The van der Waals surface area contributed by atoms with Gasteiger partial charge in [0.1, 0.15) is 5.82 Å². The van der Waals surface area contributed by atoms with Crippen LogP contribution in [0.2, 0.25) is 0 Å². The van der Waals surface area contributed by atoms with Crippen molar-refractivity contribution >= 4 is 23.2 Å². The van der Waals surface area contributed by atoms with Gasteiger partial charge in [-0.05, 0) is 37.1 Å². The van der Waals surface area contributed by atoms with E-state index in [-0.39, 0.29) is 23.6 Å². The SMILES string of the molecule is O=C(Nc1ccc(Nc2ccc(F)c(F)c2F)nc1)NC1CC1. The lowest BCUT2D eigenvalue weighted by Crippen LogP contribution is -2.30. The molecular weight excluding hydrogens is 309 g/mol. The summed E-state index contributed by atoms with van der Waals surface area (Å²) < 4.78 is 39.6. The van der Waals surface area contributed by atoms with E-state index in [4.69, 9.17) is 0 Å². The number of carbonyl (C=O) groups is 1. The summed E-state index contributed by atoms with van der Waals surface area (Å²) >= 11 is 0. The van der Waals surface area contributed by atoms with Gasteiger partial charge in [0.25, 0.3) is 0 Å². The van der Waals surface area contributed by atoms with Crippen LogP contribution in [0.1, 0.15) is 12.8 Å². The Morgan fingerprint density at radius 2 is 1.87 bits per heavy atom. The topological polar surface area (TPSA) is 66.0 Å². The lowest BCUT2D eigenvalue weighted by molar-refractivity contribution is 0.251. The van der Waals surface area contributed by atoms with E-state index in [2.05, 4.69) is 20.9 Å². The van der Waals surface area contributed by atoms with E-state index in [1.54, 1.807) is 6.07 Å². The molecule has 0 unspecified atom stereocenters. The number of carbonyl (C=O) groups excluding carboxylic acids is 1. The second-order valence-corrected chi connectivity index (χ2v) is 5.15. The van der Waals surface area contributed by atoms with Gasteiger partial charge in [-0.2, -0.15) is 0 Å². The predicted octanol–water partition coefficient (Wildman–Crippen LogP) is 3.53. The zero-order valence-electron chi connectivity index (χ0n) is 11.9. The first-order valence-electron chi connectivity index (χ1n) is 6.97. The molecule has 0 aliphatic heterocycles. The Labute approximate surface area is 129 Å². The molecule has 0 saturated heterocycles. The number of halogens is 3. The minimum absolute atomic E-state index is 0.225. The van der Waals surface area contributed by atoms with Gasteiger partial charge in [-0.3, -0.25) is 0 Å². The van der Waals surface area contributed by atoms with Crippen LogP contribution in [0.25, 0.3) is 0 Å². The minimum atomic E-state index is -1.55. The number of hydrogen-bond donors (Lipinski definition) is 3. The van der Waals surface area contributed by atoms with Crippen LogP contribution in [0, 0.1) is 17.5 Å². The van der Waals surface area contributed by atoms with Crippen LogP contribution in [-0.2, 0) is 0 Å². The average molecular weight is 322 g/mol. The van der Waals surface area contributed by atoms with Gasteiger partial charge in [0.2, 0.25) is 0 Å². The third kappa shape index (κ3) is 3.71. The fraction of sp³-hybridized carbons (Fsp3) is 0.200. The normalized spacial score (nSPS) is 13.5. The number of benzene rings is 1. The highest BCUT2D eigenvalue weighted by molar-refractivity contribution is 5.89. The van der Waals surface area contributed by atoms with Crippen molar-refractivity contribution < 1.29 is 18.0 Å². The standard InChI is InChI=1S/C15H13F3N4O/c16-10-4-5-11(14(18)13(10)17)22-12-6-3-9(7-19-12)21-15(23)20-8-1-2-8/h3-8H,1-2H2,(H,19,22)(H2,20,21,23). The van der Waals surface area contributed by atoms with E-state index in [0.717, 1.165) is 25.0 Å². The van der Waals surface area contributed by atoms with Crippen LogP contribution < -0.4 is 16.0 Å². The summed E-state index contributed by atoms with van der Waals surface area (Å²) in [5, 5.41) is 7.91. The van der Waals surface area contributed by atoms with Crippen molar-refractivity contribution in [2.24, 2.45) is 0 Å². The van der Waals surface area contributed by atoms with Crippen LogP contribution in [-0.4, -0.2) is 17.1 Å². The molecule has 0 spiro atoms. The molecule has 3 N–H and O–H groups in total. The van der Waals surface area contributed by atoms with Crippen LogP contribution >= 0.6 is 0 Å². The van der Waals surface area contributed by atoms with E-state index in [1.807, 2.05) is 0 Å². The molecule has 8 heteroatoms.